The lowest BCUT2D eigenvalue weighted by Gasteiger charge is -2.26. The Morgan fingerprint density at radius 1 is 1.00 bits per heavy atom. The molecular weight excluding hydrogens is 342 g/mol. The smallest absolute Gasteiger partial charge is 0.261 e. The van der Waals surface area contributed by atoms with E-state index in [9.17, 15) is 18.4 Å². The van der Waals surface area contributed by atoms with E-state index >= 15 is 0 Å². The number of nitrogens with zero attached hydrogens (tertiary/aromatic N) is 1. The van der Waals surface area contributed by atoms with Crippen LogP contribution in [-0.4, -0.2) is 43.0 Å². The molecule has 5 nitrogen and oxygen atoms in total. The number of carbonyl (C=O) groups is 2. The summed E-state index contributed by atoms with van der Waals surface area (Å²) in [4.78, 5) is 26.0. The van der Waals surface area contributed by atoms with Gasteiger partial charge in [-0.3, -0.25) is 9.59 Å². The summed E-state index contributed by atoms with van der Waals surface area (Å²) in [5, 5.41) is 2.45. The fourth-order valence-electron chi connectivity index (χ4n) is 2.71. The first-order chi connectivity index (χ1) is 12.5. The number of benzene rings is 2. The molecule has 0 aromatic heterocycles. The molecule has 1 fully saturated rings. The fourth-order valence-corrected chi connectivity index (χ4v) is 2.71. The Morgan fingerprint density at radius 3 is 2.23 bits per heavy atom. The Bertz CT molecular complexity index is 783. The zero-order valence-corrected chi connectivity index (χ0v) is 14.0. The second-order valence-corrected chi connectivity index (χ2v) is 5.92. The molecule has 1 heterocycles. The fraction of sp³-hybridized carbons (Fsp3) is 0.263. The molecular formula is C19H18F2N2O3. The molecule has 0 radical (unpaired) electrons. The van der Waals surface area contributed by atoms with E-state index in [2.05, 4.69) is 5.32 Å². The van der Waals surface area contributed by atoms with Crippen LogP contribution in [0.1, 0.15) is 15.9 Å². The Morgan fingerprint density at radius 2 is 1.62 bits per heavy atom. The number of hydrogen-bond donors (Lipinski definition) is 1. The summed E-state index contributed by atoms with van der Waals surface area (Å²) in [6.07, 6.45) is 0.246. The highest BCUT2D eigenvalue weighted by atomic mass is 19.1. The topological polar surface area (TPSA) is 58.6 Å². The summed E-state index contributed by atoms with van der Waals surface area (Å²) in [7, 11) is 0. The molecule has 0 saturated carbocycles. The monoisotopic (exact) mass is 360 g/mol. The van der Waals surface area contributed by atoms with Crippen molar-refractivity contribution in [2.45, 2.75) is 6.42 Å². The van der Waals surface area contributed by atoms with Crippen LogP contribution < -0.4 is 5.32 Å². The highest BCUT2D eigenvalue weighted by molar-refractivity contribution is 6.04. The van der Waals surface area contributed by atoms with Gasteiger partial charge in [0.15, 0.2) is 0 Å². The first-order valence-corrected chi connectivity index (χ1v) is 8.24. The summed E-state index contributed by atoms with van der Waals surface area (Å²) in [5.74, 6) is -2.69. The number of nitrogens with one attached hydrogen (secondary N) is 1. The minimum atomic E-state index is -0.921. The lowest BCUT2D eigenvalue weighted by atomic mass is 10.1. The molecule has 3 rings (SSSR count). The Kier molecular flexibility index (Phi) is 5.58. The minimum Gasteiger partial charge on any atom is -0.378 e. The number of rotatable bonds is 4. The van der Waals surface area contributed by atoms with Crippen molar-refractivity contribution in [3.63, 3.8) is 0 Å². The average Bonchev–Trinajstić information content (AvgIpc) is 2.64. The normalized spacial score (nSPS) is 14.2. The lowest BCUT2D eigenvalue weighted by Crippen LogP contribution is -2.41. The SMILES string of the molecule is O=C(Nc1ccc(CC(=O)N2CCOCC2)cc1)c1c(F)cccc1F. The van der Waals surface area contributed by atoms with Crippen molar-refractivity contribution in [2.75, 3.05) is 31.6 Å². The first-order valence-electron chi connectivity index (χ1n) is 8.24. The van der Waals surface area contributed by atoms with Crippen LogP contribution in [-0.2, 0) is 16.0 Å². The van der Waals surface area contributed by atoms with Crippen LogP contribution in [0.3, 0.4) is 0 Å². The van der Waals surface area contributed by atoms with Crippen LogP contribution in [0.5, 0.6) is 0 Å². The van der Waals surface area contributed by atoms with Gasteiger partial charge in [-0.1, -0.05) is 18.2 Å². The number of amides is 2. The number of morpholine rings is 1. The molecule has 26 heavy (non-hydrogen) atoms. The molecule has 1 N–H and O–H groups in total. The van der Waals surface area contributed by atoms with E-state index in [0.717, 1.165) is 17.7 Å². The largest absolute Gasteiger partial charge is 0.378 e. The number of carbonyl (C=O) groups excluding carboxylic acids is 2. The van der Waals surface area contributed by atoms with Crippen molar-refractivity contribution < 1.29 is 23.1 Å². The van der Waals surface area contributed by atoms with Crippen molar-refractivity contribution in [3.05, 3.63) is 65.2 Å². The Labute approximate surface area is 149 Å². The molecule has 0 aliphatic carbocycles. The van der Waals surface area contributed by atoms with Crippen LogP contribution >= 0.6 is 0 Å². The maximum Gasteiger partial charge on any atom is 0.261 e. The molecule has 2 aromatic rings. The van der Waals surface area contributed by atoms with Gasteiger partial charge in [0.05, 0.1) is 19.6 Å². The van der Waals surface area contributed by atoms with Crippen LogP contribution in [0.2, 0.25) is 0 Å². The van der Waals surface area contributed by atoms with Gasteiger partial charge in [0, 0.05) is 18.8 Å². The molecule has 1 aliphatic rings. The van der Waals surface area contributed by atoms with Gasteiger partial charge in [-0.2, -0.15) is 0 Å². The number of ether oxygens (including phenoxy) is 1. The molecule has 0 spiro atoms. The van der Waals surface area contributed by atoms with Crippen molar-refractivity contribution >= 4 is 17.5 Å². The molecule has 0 bridgehead atoms. The van der Waals surface area contributed by atoms with Crippen molar-refractivity contribution in [1.29, 1.82) is 0 Å². The first kappa shape index (κ1) is 18.0. The predicted molar refractivity (Wildman–Crippen MR) is 91.9 cm³/mol. The van der Waals surface area contributed by atoms with E-state index in [1.807, 2.05) is 0 Å². The second kappa shape index (κ2) is 8.05. The maximum absolute atomic E-state index is 13.6. The van der Waals surface area contributed by atoms with Gasteiger partial charge in [-0.15, -0.1) is 0 Å². The quantitative estimate of drug-likeness (QED) is 0.912. The third kappa shape index (κ3) is 4.23. The van der Waals surface area contributed by atoms with Gasteiger partial charge in [-0.05, 0) is 29.8 Å². The van der Waals surface area contributed by atoms with Gasteiger partial charge in [0.25, 0.3) is 5.91 Å². The van der Waals surface area contributed by atoms with Crippen LogP contribution in [0.25, 0.3) is 0 Å². The van der Waals surface area contributed by atoms with Gasteiger partial charge in [-0.25, -0.2) is 8.78 Å². The van der Waals surface area contributed by atoms with E-state index in [1.165, 1.54) is 6.07 Å². The van der Waals surface area contributed by atoms with Gasteiger partial charge in [0.1, 0.15) is 17.2 Å². The molecule has 136 valence electrons. The molecule has 2 aromatic carbocycles. The second-order valence-electron chi connectivity index (χ2n) is 5.92. The third-order valence-corrected chi connectivity index (χ3v) is 4.12. The van der Waals surface area contributed by atoms with E-state index < -0.39 is 23.1 Å². The summed E-state index contributed by atoms with van der Waals surface area (Å²) in [6.45, 7) is 2.26. The molecule has 0 unspecified atom stereocenters. The predicted octanol–water partition coefficient (Wildman–Crippen LogP) is 2.62. The zero-order chi connectivity index (χ0) is 18.5. The van der Waals surface area contributed by atoms with E-state index in [0.29, 0.717) is 32.0 Å². The lowest BCUT2D eigenvalue weighted by molar-refractivity contribution is -0.134. The van der Waals surface area contributed by atoms with E-state index in [-0.39, 0.29) is 12.3 Å². The number of halogens is 2. The van der Waals surface area contributed by atoms with Gasteiger partial charge < -0.3 is 15.0 Å². The summed E-state index contributed by atoms with van der Waals surface area (Å²) in [6, 6.07) is 9.84. The molecule has 1 saturated heterocycles. The Hall–Kier alpha value is -2.80. The standard InChI is InChI=1S/C19H18F2N2O3/c20-15-2-1-3-16(21)18(15)19(25)22-14-6-4-13(5-7-14)12-17(24)23-8-10-26-11-9-23/h1-7H,8-12H2,(H,22,25). The molecule has 7 heteroatoms. The van der Waals surface area contributed by atoms with Crippen molar-refractivity contribution in [2.24, 2.45) is 0 Å². The van der Waals surface area contributed by atoms with Crippen molar-refractivity contribution in [1.82, 2.24) is 4.90 Å². The van der Waals surface area contributed by atoms with E-state index in [4.69, 9.17) is 4.74 Å². The highest BCUT2D eigenvalue weighted by Gasteiger charge is 2.18. The number of hydrogen-bond acceptors (Lipinski definition) is 3. The van der Waals surface area contributed by atoms with Crippen LogP contribution in [0, 0.1) is 11.6 Å². The number of anilines is 1. The molecule has 0 atom stereocenters. The molecule has 2 amide bonds. The Balaban J connectivity index is 1.62. The van der Waals surface area contributed by atoms with Gasteiger partial charge >= 0.3 is 0 Å². The molecule has 1 aliphatic heterocycles. The maximum atomic E-state index is 13.6. The summed E-state index contributed by atoms with van der Waals surface area (Å²) in [5.41, 5.74) is 0.552. The minimum absolute atomic E-state index is 0.0125. The summed E-state index contributed by atoms with van der Waals surface area (Å²) >= 11 is 0. The zero-order valence-electron chi connectivity index (χ0n) is 14.0. The van der Waals surface area contributed by atoms with Crippen LogP contribution in [0.4, 0.5) is 14.5 Å². The van der Waals surface area contributed by atoms with E-state index in [1.54, 1.807) is 29.2 Å². The van der Waals surface area contributed by atoms with Crippen LogP contribution in [0.15, 0.2) is 42.5 Å². The van der Waals surface area contributed by atoms with Crippen molar-refractivity contribution in [3.8, 4) is 0 Å². The average molecular weight is 360 g/mol. The van der Waals surface area contributed by atoms with Gasteiger partial charge in [0.2, 0.25) is 5.91 Å². The third-order valence-electron chi connectivity index (χ3n) is 4.12. The summed E-state index contributed by atoms with van der Waals surface area (Å²) < 4.78 is 32.5. The highest BCUT2D eigenvalue weighted by Crippen LogP contribution is 2.16.